The van der Waals surface area contributed by atoms with Crippen molar-refractivity contribution in [2.45, 2.75) is 13.8 Å². The number of aryl methyl sites for hydroxylation is 1. The lowest BCUT2D eigenvalue weighted by atomic mass is 10.2. The number of aromatic nitrogens is 4. The van der Waals surface area contributed by atoms with E-state index in [0.29, 0.717) is 17.1 Å². The summed E-state index contributed by atoms with van der Waals surface area (Å²) in [4.78, 5) is 32.4. The Balaban J connectivity index is 1.87. The summed E-state index contributed by atoms with van der Waals surface area (Å²) in [5, 5.41) is 10.9. The molecule has 2 N–H and O–H groups in total. The molecule has 0 fully saturated rings. The number of benzene rings is 2. The molecule has 0 unspecified atom stereocenters. The highest BCUT2D eigenvalue weighted by molar-refractivity contribution is 7.71. The van der Waals surface area contributed by atoms with Gasteiger partial charge in [0.15, 0.2) is 10.5 Å². The van der Waals surface area contributed by atoms with E-state index in [1.54, 1.807) is 24.7 Å². The molecular formula is C23H21N5O3S. The Morgan fingerprint density at radius 2 is 1.69 bits per heavy atom. The molecule has 0 spiro atoms. The molecule has 0 saturated heterocycles. The number of aromatic hydroxyl groups is 1. The van der Waals surface area contributed by atoms with Gasteiger partial charge in [0, 0.05) is 13.3 Å². The number of aromatic amines is 1. The summed E-state index contributed by atoms with van der Waals surface area (Å²) in [7, 11) is 1.76. The molecule has 2 aromatic heterocycles. The van der Waals surface area contributed by atoms with Crippen LogP contribution in [0.5, 0.6) is 5.88 Å². The third kappa shape index (κ3) is 3.52. The number of nitrogens with zero attached hydrogens (tertiary/aromatic N) is 4. The van der Waals surface area contributed by atoms with Gasteiger partial charge in [-0.1, -0.05) is 36.4 Å². The number of rotatable bonds is 4. The molecule has 162 valence electrons. The van der Waals surface area contributed by atoms with Crippen LogP contribution in [0.2, 0.25) is 0 Å². The molecule has 0 bridgehead atoms. The maximum Gasteiger partial charge on any atom is 0.297 e. The van der Waals surface area contributed by atoms with Gasteiger partial charge in [-0.3, -0.25) is 23.8 Å². The van der Waals surface area contributed by atoms with Crippen LogP contribution in [-0.4, -0.2) is 30.2 Å². The third-order valence-corrected chi connectivity index (χ3v) is 5.61. The maximum absolute atomic E-state index is 13.0. The second-order valence-corrected chi connectivity index (χ2v) is 7.67. The summed E-state index contributed by atoms with van der Waals surface area (Å²) in [6.45, 7) is 3.63. The van der Waals surface area contributed by atoms with E-state index in [1.807, 2.05) is 55.5 Å². The zero-order valence-corrected chi connectivity index (χ0v) is 18.6. The van der Waals surface area contributed by atoms with Crippen LogP contribution < -0.4 is 11.1 Å². The minimum atomic E-state index is -0.599. The van der Waals surface area contributed by atoms with Crippen molar-refractivity contribution in [3.8, 4) is 17.3 Å². The van der Waals surface area contributed by atoms with E-state index in [4.69, 9.17) is 12.2 Å². The number of hydrogen-bond acceptors (Lipinski definition) is 5. The van der Waals surface area contributed by atoms with Crippen LogP contribution in [0.3, 0.4) is 0 Å². The van der Waals surface area contributed by atoms with E-state index >= 15 is 0 Å². The Hall–Kier alpha value is -3.98. The van der Waals surface area contributed by atoms with Crippen LogP contribution in [0.4, 0.5) is 5.69 Å². The zero-order valence-electron chi connectivity index (χ0n) is 17.7. The van der Waals surface area contributed by atoms with Gasteiger partial charge < -0.3 is 5.11 Å². The van der Waals surface area contributed by atoms with Gasteiger partial charge in [0.05, 0.1) is 17.1 Å². The first-order valence-electron chi connectivity index (χ1n) is 9.83. The van der Waals surface area contributed by atoms with Crippen molar-refractivity contribution in [3.05, 3.63) is 96.9 Å². The van der Waals surface area contributed by atoms with Crippen LogP contribution in [0.15, 0.2) is 69.2 Å². The van der Waals surface area contributed by atoms with Gasteiger partial charge in [0.25, 0.3) is 11.1 Å². The number of aliphatic imine (C=N–C) groups is 1. The van der Waals surface area contributed by atoms with Crippen LogP contribution >= 0.6 is 12.2 Å². The van der Waals surface area contributed by atoms with E-state index in [2.05, 4.69) is 9.98 Å². The molecule has 4 aromatic rings. The minimum Gasteiger partial charge on any atom is -0.494 e. The highest BCUT2D eigenvalue weighted by atomic mass is 32.1. The van der Waals surface area contributed by atoms with Crippen LogP contribution in [0.25, 0.3) is 11.4 Å². The molecule has 4 rings (SSSR count). The van der Waals surface area contributed by atoms with Gasteiger partial charge in [0.2, 0.25) is 5.88 Å². The van der Waals surface area contributed by atoms with Crippen molar-refractivity contribution in [1.29, 1.82) is 0 Å². The summed E-state index contributed by atoms with van der Waals surface area (Å²) < 4.78 is 4.61. The highest BCUT2D eigenvalue weighted by Crippen LogP contribution is 2.22. The predicted octanol–water partition coefficient (Wildman–Crippen LogP) is 3.46. The molecule has 0 aliphatic heterocycles. The lowest BCUT2D eigenvalue weighted by molar-refractivity contribution is 0.432. The molecule has 0 amide bonds. The molecule has 0 radical (unpaired) electrons. The highest BCUT2D eigenvalue weighted by Gasteiger charge is 2.17. The molecule has 0 atom stereocenters. The number of H-pyrrole nitrogens is 1. The quantitative estimate of drug-likeness (QED) is 0.370. The van der Waals surface area contributed by atoms with Gasteiger partial charge in [0.1, 0.15) is 5.56 Å². The second kappa shape index (κ2) is 8.27. The largest absolute Gasteiger partial charge is 0.494 e. The molecule has 9 heteroatoms. The third-order valence-electron chi connectivity index (χ3n) is 5.32. The number of hydrogen-bond donors (Lipinski definition) is 2. The minimum absolute atomic E-state index is 0.0567. The van der Waals surface area contributed by atoms with Crippen molar-refractivity contribution in [2.24, 2.45) is 12.0 Å². The van der Waals surface area contributed by atoms with E-state index in [9.17, 15) is 14.7 Å². The fraction of sp³-hybridized carbons (Fsp3) is 0.130. The van der Waals surface area contributed by atoms with Crippen molar-refractivity contribution in [1.82, 2.24) is 18.9 Å². The first-order chi connectivity index (χ1) is 15.3. The summed E-state index contributed by atoms with van der Waals surface area (Å²) in [5.41, 5.74) is 1.92. The molecule has 0 aliphatic carbocycles. The van der Waals surface area contributed by atoms with Gasteiger partial charge >= 0.3 is 0 Å². The van der Waals surface area contributed by atoms with Gasteiger partial charge in [-0.05, 0) is 49.8 Å². The summed E-state index contributed by atoms with van der Waals surface area (Å²) in [6.07, 6.45) is 1.19. The molecule has 0 aliphatic rings. The Kier molecular flexibility index (Phi) is 5.50. The SMILES string of the molecule is Cc1ccccc1-n1c(O)c(C=Nc2c(C)n(C)n(-c3ccccc3)c2=O)c(=O)[nH]c1=S. The topological polar surface area (TPSA) is 97.3 Å². The second-order valence-electron chi connectivity index (χ2n) is 7.29. The average Bonchev–Trinajstić information content (AvgIpc) is 2.98. The Bertz CT molecular complexity index is 1520. The Labute approximate surface area is 188 Å². The smallest absolute Gasteiger partial charge is 0.297 e. The van der Waals surface area contributed by atoms with Gasteiger partial charge in [-0.15, -0.1) is 0 Å². The van der Waals surface area contributed by atoms with E-state index in [0.717, 1.165) is 5.56 Å². The average molecular weight is 448 g/mol. The molecule has 2 heterocycles. The first-order valence-corrected chi connectivity index (χ1v) is 10.2. The zero-order chi connectivity index (χ0) is 23.0. The fourth-order valence-corrected chi connectivity index (χ4v) is 3.80. The molecule has 2 aromatic carbocycles. The van der Waals surface area contributed by atoms with E-state index in [1.165, 1.54) is 15.5 Å². The van der Waals surface area contributed by atoms with Crippen molar-refractivity contribution >= 4 is 24.1 Å². The van der Waals surface area contributed by atoms with E-state index in [-0.39, 0.29) is 27.5 Å². The fourth-order valence-electron chi connectivity index (χ4n) is 3.52. The summed E-state index contributed by atoms with van der Waals surface area (Å²) in [6, 6.07) is 16.5. The van der Waals surface area contributed by atoms with Crippen LogP contribution in [-0.2, 0) is 7.05 Å². The van der Waals surface area contributed by atoms with Crippen molar-refractivity contribution in [2.75, 3.05) is 0 Å². The number of nitrogens with one attached hydrogen (secondary N) is 1. The standard InChI is InChI=1S/C23H21N5O3S/c1-14-9-7-8-12-18(14)27-21(30)17(20(29)25-23(27)32)13-24-19-15(2)26(3)28(22(19)31)16-10-5-4-6-11-16/h4-13,30H,1-3H3,(H,25,29,32). The summed E-state index contributed by atoms with van der Waals surface area (Å²) in [5.74, 6) is -0.353. The van der Waals surface area contributed by atoms with Gasteiger partial charge in [-0.2, -0.15) is 0 Å². The molecule has 32 heavy (non-hydrogen) atoms. The van der Waals surface area contributed by atoms with Gasteiger partial charge in [-0.25, -0.2) is 9.67 Å². The Morgan fingerprint density at radius 1 is 1.03 bits per heavy atom. The van der Waals surface area contributed by atoms with Crippen LogP contribution in [0, 0.1) is 18.6 Å². The van der Waals surface area contributed by atoms with E-state index < -0.39 is 5.56 Å². The summed E-state index contributed by atoms with van der Waals surface area (Å²) >= 11 is 5.27. The lowest BCUT2D eigenvalue weighted by Gasteiger charge is -2.13. The molecule has 0 saturated carbocycles. The molecule has 8 nitrogen and oxygen atoms in total. The van der Waals surface area contributed by atoms with Crippen LogP contribution in [0.1, 0.15) is 16.8 Å². The number of para-hydroxylation sites is 2. The van der Waals surface area contributed by atoms with Crippen molar-refractivity contribution < 1.29 is 5.11 Å². The predicted molar refractivity (Wildman–Crippen MR) is 127 cm³/mol. The first kappa shape index (κ1) is 21.3. The van der Waals surface area contributed by atoms with Crippen molar-refractivity contribution in [3.63, 3.8) is 0 Å². The monoisotopic (exact) mass is 447 g/mol. The lowest BCUT2D eigenvalue weighted by Crippen LogP contribution is -2.19. The normalized spacial score (nSPS) is 11.3. The molecular weight excluding hydrogens is 426 g/mol. The maximum atomic E-state index is 13.0. The Morgan fingerprint density at radius 3 is 2.38 bits per heavy atom.